The van der Waals surface area contributed by atoms with Crippen LogP contribution in [0.25, 0.3) is 0 Å². The van der Waals surface area contributed by atoms with Crippen molar-refractivity contribution in [3.63, 3.8) is 0 Å². The fourth-order valence-corrected chi connectivity index (χ4v) is 5.25. The molecule has 9 nitrogen and oxygen atoms in total. The van der Waals surface area contributed by atoms with Gasteiger partial charge in [0.2, 0.25) is 10.0 Å². The van der Waals surface area contributed by atoms with Crippen LogP contribution in [0.15, 0.2) is 18.2 Å². The lowest BCUT2D eigenvalue weighted by Crippen LogP contribution is -2.49. The number of aryl methyl sites for hydroxylation is 1. The lowest BCUT2D eigenvalue weighted by Gasteiger charge is -2.34. The second-order valence-corrected chi connectivity index (χ2v) is 9.96. The van der Waals surface area contributed by atoms with Crippen molar-refractivity contribution in [1.29, 1.82) is 0 Å². The molecule has 2 aliphatic rings. The summed E-state index contributed by atoms with van der Waals surface area (Å²) in [7, 11) is -3.45. The van der Waals surface area contributed by atoms with Gasteiger partial charge < -0.3 is 25.0 Å². The molecule has 2 fully saturated rings. The van der Waals surface area contributed by atoms with Gasteiger partial charge in [0.25, 0.3) is 0 Å². The maximum absolute atomic E-state index is 12.5. The number of amides is 2. The van der Waals surface area contributed by atoms with Crippen molar-refractivity contribution in [2.75, 3.05) is 61.9 Å². The minimum Gasteiger partial charge on any atom is -0.378 e. The number of morpholine rings is 2. The summed E-state index contributed by atoms with van der Waals surface area (Å²) in [6.45, 7) is 9.50. The summed E-state index contributed by atoms with van der Waals surface area (Å²) in [5.41, 5.74) is 2.74. The molecule has 1 aromatic rings. The van der Waals surface area contributed by atoms with Crippen LogP contribution in [0.5, 0.6) is 0 Å². The van der Waals surface area contributed by atoms with Crippen LogP contribution in [0.1, 0.15) is 19.4 Å². The second kappa shape index (κ2) is 9.95. The third-order valence-corrected chi connectivity index (χ3v) is 7.06. The Morgan fingerprint density at radius 3 is 2.47 bits per heavy atom. The molecule has 0 spiro atoms. The maximum atomic E-state index is 12.5. The van der Waals surface area contributed by atoms with E-state index in [1.165, 1.54) is 4.31 Å². The molecule has 10 heteroatoms. The first-order chi connectivity index (χ1) is 14.2. The highest BCUT2D eigenvalue weighted by atomic mass is 32.2. The molecule has 3 rings (SSSR count). The van der Waals surface area contributed by atoms with Gasteiger partial charge in [-0.05, 0) is 44.5 Å². The Hall–Kier alpha value is -1.88. The van der Waals surface area contributed by atoms with Gasteiger partial charge in [0.1, 0.15) is 0 Å². The fraction of sp³-hybridized carbons (Fsp3) is 0.650. The van der Waals surface area contributed by atoms with Crippen LogP contribution in [0.2, 0.25) is 0 Å². The highest BCUT2D eigenvalue weighted by molar-refractivity contribution is 7.89. The first kappa shape index (κ1) is 22.8. The highest BCUT2D eigenvalue weighted by Crippen LogP contribution is 2.23. The van der Waals surface area contributed by atoms with Crippen molar-refractivity contribution in [3.8, 4) is 0 Å². The number of nitrogens with one attached hydrogen (secondary N) is 2. The van der Waals surface area contributed by atoms with Gasteiger partial charge in [-0.3, -0.25) is 0 Å². The summed E-state index contributed by atoms with van der Waals surface area (Å²) >= 11 is 0. The third-order valence-electron chi connectivity index (χ3n) is 5.26. The average Bonchev–Trinajstić information content (AvgIpc) is 2.69. The lowest BCUT2D eigenvalue weighted by molar-refractivity contribution is -0.0440. The molecule has 0 aliphatic carbocycles. The molecule has 0 bridgehead atoms. The molecule has 2 atom stereocenters. The van der Waals surface area contributed by atoms with Crippen LogP contribution in [0, 0.1) is 6.92 Å². The van der Waals surface area contributed by atoms with Gasteiger partial charge in [0.15, 0.2) is 0 Å². The molecule has 1 aromatic carbocycles. The summed E-state index contributed by atoms with van der Waals surface area (Å²) in [6.07, 6.45) is -0.272. The quantitative estimate of drug-likeness (QED) is 0.694. The number of urea groups is 1. The molecule has 2 amide bonds. The normalized spacial score (nSPS) is 23.2. The Kier molecular flexibility index (Phi) is 7.56. The second-order valence-electron chi connectivity index (χ2n) is 7.87. The number of benzene rings is 1. The van der Waals surface area contributed by atoms with E-state index in [1.54, 1.807) is 0 Å². The monoisotopic (exact) mass is 440 g/mol. The number of hydrogen-bond acceptors (Lipinski definition) is 6. The number of carbonyl (C=O) groups is 1. The van der Waals surface area contributed by atoms with E-state index in [0.717, 1.165) is 24.3 Å². The summed E-state index contributed by atoms with van der Waals surface area (Å²) in [5, 5.41) is 5.44. The lowest BCUT2D eigenvalue weighted by atomic mass is 10.1. The van der Waals surface area contributed by atoms with E-state index in [4.69, 9.17) is 9.47 Å². The number of carbonyl (C=O) groups excluding carboxylic acids is 1. The maximum Gasteiger partial charge on any atom is 0.319 e. The molecular weight excluding hydrogens is 408 g/mol. The van der Waals surface area contributed by atoms with Crippen LogP contribution < -0.4 is 15.5 Å². The van der Waals surface area contributed by atoms with Crippen LogP contribution >= 0.6 is 0 Å². The van der Waals surface area contributed by atoms with Crippen LogP contribution in [0.4, 0.5) is 16.2 Å². The van der Waals surface area contributed by atoms with Crippen molar-refractivity contribution < 1.29 is 22.7 Å². The molecule has 0 radical (unpaired) electrons. The van der Waals surface area contributed by atoms with Crippen molar-refractivity contribution in [2.45, 2.75) is 33.0 Å². The van der Waals surface area contributed by atoms with Crippen LogP contribution in [-0.4, -0.2) is 82.7 Å². The van der Waals surface area contributed by atoms with Crippen LogP contribution in [-0.2, 0) is 19.5 Å². The topological polar surface area (TPSA) is 100 Å². The first-order valence-corrected chi connectivity index (χ1v) is 12.0. The first-order valence-electron chi connectivity index (χ1n) is 10.4. The van der Waals surface area contributed by atoms with Crippen molar-refractivity contribution in [3.05, 3.63) is 23.8 Å². The molecule has 168 valence electrons. The smallest absolute Gasteiger partial charge is 0.319 e. The molecule has 0 unspecified atom stereocenters. The van der Waals surface area contributed by atoms with E-state index in [-0.39, 0.29) is 24.5 Å². The highest BCUT2D eigenvalue weighted by Gasteiger charge is 2.30. The van der Waals surface area contributed by atoms with E-state index in [0.29, 0.717) is 32.0 Å². The molecular formula is C20H32N4O5S. The van der Waals surface area contributed by atoms with Crippen molar-refractivity contribution in [2.24, 2.45) is 0 Å². The van der Waals surface area contributed by atoms with Crippen molar-refractivity contribution in [1.82, 2.24) is 9.62 Å². The number of rotatable bonds is 6. The SMILES string of the molecule is Cc1cc(N2CCOCC2)ccc1NC(=O)NCCS(=O)(=O)N1C[C@H](C)O[C@@H](C)C1. The summed E-state index contributed by atoms with van der Waals surface area (Å²) in [4.78, 5) is 14.5. The van der Waals surface area contributed by atoms with Crippen molar-refractivity contribution >= 4 is 27.4 Å². The Balaban J connectivity index is 1.48. The Bertz CT molecular complexity index is 832. The molecule has 0 aromatic heterocycles. The molecule has 2 saturated heterocycles. The van der Waals surface area contributed by atoms with Gasteiger partial charge in [0.05, 0.1) is 31.2 Å². The molecule has 0 saturated carbocycles. The van der Waals surface area contributed by atoms with E-state index >= 15 is 0 Å². The van der Waals surface area contributed by atoms with Gasteiger partial charge in [-0.2, -0.15) is 4.31 Å². The van der Waals surface area contributed by atoms with Gasteiger partial charge >= 0.3 is 6.03 Å². The molecule has 2 N–H and O–H groups in total. The largest absolute Gasteiger partial charge is 0.378 e. The molecule has 2 aliphatic heterocycles. The summed E-state index contributed by atoms with van der Waals surface area (Å²) < 4.78 is 37.5. The van der Waals surface area contributed by atoms with E-state index in [2.05, 4.69) is 15.5 Å². The Labute approximate surface area is 178 Å². The fourth-order valence-electron chi connectivity index (χ4n) is 3.75. The van der Waals surface area contributed by atoms with Gasteiger partial charge in [0, 0.05) is 44.1 Å². The number of sulfonamides is 1. The summed E-state index contributed by atoms with van der Waals surface area (Å²) in [5.74, 6) is -0.144. The number of anilines is 2. The Morgan fingerprint density at radius 2 is 1.83 bits per heavy atom. The molecule has 2 heterocycles. The van der Waals surface area contributed by atoms with Gasteiger partial charge in [-0.1, -0.05) is 0 Å². The van der Waals surface area contributed by atoms with Gasteiger partial charge in [-0.15, -0.1) is 0 Å². The predicted molar refractivity (Wildman–Crippen MR) is 117 cm³/mol. The average molecular weight is 441 g/mol. The van der Waals surface area contributed by atoms with E-state index in [9.17, 15) is 13.2 Å². The minimum atomic E-state index is -3.45. The Morgan fingerprint density at radius 1 is 1.17 bits per heavy atom. The zero-order chi connectivity index (χ0) is 21.7. The van der Waals surface area contributed by atoms with E-state index in [1.807, 2.05) is 39.0 Å². The minimum absolute atomic E-state index is 0.0409. The standard InChI is InChI=1S/C20H32N4O5S/c1-15-12-18(23-7-9-28-10-8-23)4-5-19(15)22-20(25)21-6-11-30(26,27)24-13-16(2)29-17(3)14-24/h4-5,12,16-17H,6-11,13-14H2,1-3H3,(H2,21,22,25)/t16-,17-/m0/s1. The van der Waals surface area contributed by atoms with E-state index < -0.39 is 16.1 Å². The number of hydrogen-bond donors (Lipinski definition) is 2. The zero-order valence-corrected chi connectivity index (χ0v) is 18.7. The summed E-state index contributed by atoms with van der Waals surface area (Å²) in [6, 6.07) is 5.45. The van der Waals surface area contributed by atoms with Gasteiger partial charge in [-0.25, -0.2) is 13.2 Å². The number of nitrogens with zero attached hydrogens (tertiary/aromatic N) is 2. The third kappa shape index (κ3) is 6.07. The van der Waals surface area contributed by atoms with Crippen LogP contribution in [0.3, 0.4) is 0 Å². The predicted octanol–water partition coefficient (Wildman–Crippen LogP) is 1.39. The number of ether oxygens (including phenoxy) is 2. The molecule has 30 heavy (non-hydrogen) atoms. The zero-order valence-electron chi connectivity index (χ0n) is 17.9.